The van der Waals surface area contributed by atoms with E-state index in [1.54, 1.807) is 6.21 Å². The Kier molecular flexibility index (Phi) is 8.86. The second kappa shape index (κ2) is 12.7. The minimum absolute atomic E-state index is 0.0822. The molecule has 0 bridgehead atoms. The number of nitrogens with zero attached hydrogens (tertiary/aromatic N) is 4. The molecule has 1 aliphatic rings. The smallest absolute Gasteiger partial charge is 0.406 e. The number of thiocarbonyl (C=S) groups is 1. The minimum Gasteiger partial charge on any atom is -0.406 e. The number of aromatic nitrogens is 3. The minimum atomic E-state index is -4.80. The Morgan fingerprint density at radius 3 is 2.44 bits per heavy atom. The van der Waals surface area contributed by atoms with Gasteiger partial charge in [0.05, 0.1) is 11.9 Å². The summed E-state index contributed by atoms with van der Waals surface area (Å²) < 4.78 is 43.1. The number of nitrogens with one attached hydrogen (secondary N) is 2. The van der Waals surface area contributed by atoms with Crippen LogP contribution >= 0.6 is 12.2 Å². The molecule has 1 aliphatic carbocycles. The third kappa shape index (κ3) is 8.04. The third-order valence-corrected chi connectivity index (χ3v) is 6.94. The van der Waals surface area contributed by atoms with E-state index in [-0.39, 0.29) is 23.5 Å². The number of benzene rings is 3. The monoisotopic (exact) mass is 606 g/mol. The van der Waals surface area contributed by atoms with Gasteiger partial charge in [-0.1, -0.05) is 74.6 Å². The molecule has 1 saturated carbocycles. The number of rotatable bonds is 10. The summed E-state index contributed by atoms with van der Waals surface area (Å²) in [7, 11) is 0. The van der Waals surface area contributed by atoms with Gasteiger partial charge >= 0.3 is 6.36 Å². The van der Waals surface area contributed by atoms with Gasteiger partial charge in [0, 0.05) is 17.9 Å². The van der Waals surface area contributed by atoms with Crippen molar-refractivity contribution in [2.75, 3.05) is 5.32 Å². The summed E-state index contributed by atoms with van der Waals surface area (Å²) in [6, 6.07) is 20.7. The van der Waals surface area contributed by atoms with Crippen LogP contribution < -0.4 is 15.5 Å². The zero-order chi connectivity index (χ0) is 30.6. The highest BCUT2D eigenvalue weighted by molar-refractivity contribution is 7.80. The largest absolute Gasteiger partial charge is 0.573 e. The van der Waals surface area contributed by atoms with Gasteiger partial charge in [-0.05, 0) is 59.7 Å². The van der Waals surface area contributed by atoms with Crippen LogP contribution in [-0.4, -0.2) is 38.2 Å². The number of anilines is 1. The Hall–Kier alpha value is -4.58. The van der Waals surface area contributed by atoms with Crippen LogP contribution in [-0.2, 0) is 11.2 Å². The number of hydrazone groups is 1. The normalized spacial score (nSPS) is 13.3. The lowest BCUT2D eigenvalue weighted by atomic mass is 9.95. The molecule has 1 aromatic heterocycles. The fraction of sp³-hybridized carbons (Fsp3) is 0.258. The molecule has 3 aromatic carbocycles. The van der Waals surface area contributed by atoms with Crippen LogP contribution in [0.1, 0.15) is 49.3 Å². The van der Waals surface area contributed by atoms with E-state index in [0.717, 1.165) is 18.4 Å². The van der Waals surface area contributed by atoms with Gasteiger partial charge in [-0.3, -0.25) is 15.5 Å². The number of halogens is 3. The zero-order valence-electron chi connectivity index (χ0n) is 23.4. The van der Waals surface area contributed by atoms with Gasteiger partial charge in [-0.25, -0.2) is 0 Å². The van der Waals surface area contributed by atoms with E-state index >= 15 is 0 Å². The lowest BCUT2D eigenvalue weighted by molar-refractivity contribution is -0.274. The molecule has 0 unspecified atom stereocenters. The number of carbonyl (C=O) groups excluding carboxylic acids is 1. The lowest BCUT2D eigenvalue weighted by Crippen LogP contribution is -2.18. The van der Waals surface area contributed by atoms with Crippen molar-refractivity contribution in [3.8, 4) is 22.8 Å². The van der Waals surface area contributed by atoms with Crippen molar-refractivity contribution in [3.63, 3.8) is 0 Å². The van der Waals surface area contributed by atoms with Crippen LogP contribution in [0.5, 0.6) is 5.75 Å². The van der Waals surface area contributed by atoms with Crippen molar-refractivity contribution in [1.82, 2.24) is 20.2 Å². The first-order valence-electron chi connectivity index (χ1n) is 13.7. The van der Waals surface area contributed by atoms with Gasteiger partial charge in [-0.15, -0.1) is 18.3 Å². The fourth-order valence-corrected chi connectivity index (χ4v) is 4.62. The first-order valence-corrected chi connectivity index (χ1v) is 14.1. The first-order chi connectivity index (χ1) is 20.6. The summed E-state index contributed by atoms with van der Waals surface area (Å²) in [5.74, 6) is 0.258. The second-order valence-electron chi connectivity index (χ2n) is 10.4. The Bertz CT molecular complexity index is 1630. The summed E-state index contributed by atoms with van der Waals surface area (Å²) in [4.78, 5) is 17.6. The molecular formula is C31H29F3N6O2S. The van der Waals surface area contributed by atoms with E-state index in [2.05, 4.69) is 56.6 Å². The number of amides is 1. The van der Waals surface area contributed by atoms with E-state index in [4.69, 9.17) is 12.2 Å². The first kappa shape index (κ1) is 29.9. The van der Waals surface area contributed by atoms with Gasteiger partial charge < -0.3 is 4.74 Å². The van der Waals surface area contributed by atoms with Crippen LogP contribution in [0.25, 0.3) is 17.1 Å². The number of ether oxygens (including phenoxy) is 1. The number of carbonyl (C=O) groups is 1. The van der Waals surface area contributed by atoms with Crippen LogP contribution in [0.4, 0.5) is 19.1 Å². The van der Waals surface area contributed by atoms with Crippen molar-refractivity contribution >= 4 is 35.3 Å². The molecule has 222 valence electrons. The van der Waals surface area contributed by atoms with Gasteiger partial charge in [0.1, 0.15) is 10.7 Å². The molecule has 1 fully saturated rings. The van der Waals surface area contributed by atoms with Gasteiger partial charge in [0.15, 0.2) is 5.82 Å². The van der Waals surface area contributed by atoms with Crippen LogP contribution in [0, 0.1) is 5.92 Å². The maximum atomic E-state index is 12.6. The van der Waals surface area contributed by atoms with Crippen molar-refractivity contribution < 1.29 is 22.7 Å². The zero-order valence-corrected chi connectivity index (χ0v) is 24.2. The van der Waals surface area contributed by atoms with Crippen LogP contribution in [0.15, 0.2) is 77.9 Å². The number of hydrogen-bond acceptors (Lipinski definition) is 6. The molecule has 4 aromatic rings. The molecule has 1 amide bonds. The molecule has 0 spiro atoms. The average molecular weight is 607 g/mol. The Balaban J connectivity index is 1.29. The summed E-state index contributed by atoms with van der Waals surface area (Å²) >= 11 is 5.49. The van der Waals surface area contributed by atoms with Crippen molar-refractivity contribution in [2.45, 2.75) is 45.4 Å². The van der Waals surface area contributed by atoms with Crippen molar-refractivity contribution in [3.05, 3.63) is 89.5 Å². The third-order valence-electron chi connectivity index (χ3n) is 6.71. The molecule has 5 rings (SSSR count). The quantitative estimate of drug-likeness (QED) is 0.117. The Morgan fingerprint density at radius 1 is 1.09 bits per heavy atom. The topological polar surface area (TPSA) is 93.4 Å². The Morgan fingerprint density at radius 2 is 1.79 bits per heavy atom. The lowest BCUT2D eigenvalue weighted by Gasteiger charge is -2.12. The molecule has 0 radical (unpaired) electrons. The molecular weight excluding hydrogens is 577 g/mol. The molecule has 0 aliphatic heterocycles. The highest BCUT2D eigenvalue weighted by Gasteiger charge is 2.32. The van der Waals surface area contributed by atoms with E-state index in [9.17, 15) is 18.0 Å². The van der Waals surface area contributed by atoms with Crippen molar-refractivity contribution in [1.29, 1.82) is 0 Å². The highest BCUT2D eigenvalue weighted by Crippen LogP contribution is 2.31. The van der Waals surface area contributed by atoms with E-state index in [1.165, 1.54) is 40.1 Å². The molecule has 0 atom stereocenters. The van der Waals surface area contributed by atoms with Gasteiger partial charge in [0.2, 0.25) is 11.9 Å². The highest BCUT2D eigenvalue weighted by atomic mass is 32.1. The van der Waals surface area contributed by atoms with Crippen LogP contribution in [0.2, 0.25) is 0 Å². The maximum Gasteiger partial charge on any atom is 0.573 e. The van der Waals surface area contributed by atoms with Crippen LogP contribution in [0.3, 0.4) is 0 Å². The SMILES string of the molecule is CC(C)c1ccccc1CC(=S)NN=Cc1ccc(-c2nc(NC(=O)C3CC3)n(-c3ccc(OC(F)(F)F)cc3)n2)cc1. The molecule has 0 saturated heterocycles. The molecule has 1 heterocycles. The van der Waals surface area contributed by atoms with E-state index < -0.39 is 6.36 Å². The number of alkyl halides is 3. The molecule has 43 heavy (non-hydrogen) atoms. The summed E-state index contributed by atoms with van der Waals surface area (Å²) in [6.07, 6.45) is -0.966. The molecule has 8 nitrogen and oxygen atoms in total. The summed E-state index contributed by atoms with van der Waals surface area (Å²) in [6.45, 7) is 4.30. The van der Waals surface area contributed by atoms with E-state index in [0.29, 0.717) is 34.4 Å². The molecule has 12 heteroatoms. The second-order valence-corrected chi connectivity index (χ2v) is 10.9. The van der Waals surface area contributed by atoms with E-state index in [1.807, 2.05) is 36.4 Å². The average Bonchev–Trinajstić information content (AvgIpc) is 3.74. The standard InChI is InChI=1S/C31H29F3N6O2S/c1-19(2)26-6-4-3-5-23(26)17-27(43)38-35-18-20-7-9-21(10-8-20)28-36-30(37-29(41)22-11-12-22)40(39-28)24-13-15-25(16-14-24)42-31(32,33)34/h3-10,13-16,18-19,22H,11-12,17H2,1-2H3,(H,38,43)(H,36,37,39,41). The van der Waals surface area contributed by atoms with Gasteiger partial charge in [-0.2, -0.15) is 14.8 Å². The predicted octanol–water partition coefficient (Wildman–Crippen LogP) is 6.80. The Labute approximate surface area is 252 Å². The van der Waals surface area contributed by atoms with Gasteiger partial charge in [0.25, 0.3) is 0 Å². The summed E-state index contributed by atoms with van der Waals surface area (Å²) in [5.41, 5.74) is 7.23. The fourth-order valence-electron chi connectivity index (χ4n) is 4.41. The molecule has 2 N–H and O–H groups in total. The van der Waals surface area contributed by atoms with Crippen molar-refractivity contribution in [2.24, 2.45) is 11.0 Å². The maximum absolute atomic E-state index is 12.6. The summed E-state index contributed by atoms with van der Waals surface area (Å²) in [5, 5.41) is 11.6. The number of hydrogen-bond donors (Lipinski definition) is 2. The predicted molar refractivity (Wildman–Crippen MR) is 162 cm³/mol.